The third kappa shape index (κ3) is 3.28. The zero-order valence-corrected chi connectivity index (χ0v) is 16.8. The summed E-state index contributed by atoms with van der Waals surface area (Å²) in [7, 11) is 0. The number of aromatic nitrogens is 3. The Hall–Kier alpha value is -4.20. The second-order valence-electron chi connectivity index (χ2n) is 7.56. The van der Waals surface area contributed by atoms with Gasteiger partial charge < -0.3 is 9.47 Å². The monoisotopic (exact) mass is 413 g/mol. The molecule has 1 aliphatic heterocycles. The molecule has 2 aromatic heterocycles. The van der Waals surface area contributed by atoms with Crippen molar-refractivity contribution in [2.24, 2.45) is 0 Å². The van der Waals surface area contributed by atoms with Crippen molar-refractivity contribution < 1.29 is 9.72 Å². The molecular weight excluding hydrogens is 394 g/mol. The largest absolute Gasteiger partial charge is 0.328 e. The molecule has 0 aliphatic carbocycles. The van der Waals surface area contributed by atoms with Crippen LogP contribution in [-0.2, 0) is 13.1 Å². The number of nitro benzene ring substituents is 1. The molecule has 0 atom stereocenters. The maximum absolute atomic E-state index is 13.0. The summed E-state index contributed by atoms with van der Waals surface area (Å²) < 4.78 is 3.91. The van der Waals surface area contributed by atoms with Gasteiger partial charge >= 0.3 is 0 Å². The number of hydrogen-bond acceptors (Lipinski definition) is 4. The minimum Gasteiger partial charge on any atom is -0.328 e. The molecule has 2 aromatic carbocycles. The molecule has 31 heavy (non-hydrogen) atoms. The van der Waals surface area contributed by atoms with E-state index < -0.39 is 4.92 Å². The van der Waals surface area contributed by atoms with E-state index in [4.69, 9.17) is 5.10 Å². The summed E-state index contributed by atoms with van der Waals surface area (Å²) in [6.07, 6.45) is 3.91. The lowest BCUT2D eigenvalue weighted by Crippen LogP contribution is -2.26. The molecule has 0 spiro atoms. The molecule has 8 nitrogen and oxygen atoms in total. The number of aryl methyl sites for hydroxylation is 1. The summed E-state index contributed by atoms with van der Waals surface area (Å²) in [6.45, 7) is 2.77. The lowest BCUT2D eigenvalue weighted by molar-refractivity contribution is -0.384. The summed E-state index contributed by atoms with van der Waals surface area (Å²) >= 11 is 0. The van der Waals surface area contributed by atoms with Crippen LogP contribution in [0.3, 0.4) is 0 Å². The van der Waals surface area contributed by atoms with E-state index in [-0.39, 0.29) is 11.6 Å². The average Bonchev–Trinajstić information content (AvgIpc) is 3.49. The molecule has 0 N–H and O–H groups in total. The number of hydrogen-bond donors (Lipinski definition) is 0. The van der Waals surface area contributed by atoms with Gasteiger partial charge in [0.25, 0.3) is 11.6 Å². The molecule has 3 heterocycles. The molecule has 0 saturated heterocycles. The Morgan fingerprint density at radius 2 is 1.81 bits per heavy atom. The molecule has 154 valence electrons. The molecule has 8 heteroatoms. The zero-order chi connectivity index (χ0) is 21.5. The number of nitro groups is 1. The quantitative estimate of drug-likeness (QED) is 0.373. The number of rotatable bonds is 4. The molecule has 5 rings (SSSR count). The molecule has 1 aliphatic rings. The summed E-state index contributed by atoms with van der Waals surface area (Å²) in [5.74, 6) is 0.641. The molecule has 0 fully saturated rings. The van der Waals surface area contributed by atoms with Gasteiger partial charge in [-0.2, -0.15) is 5.10 Å². The summed E-state index contributed by atoms with van der Waals surface area (Å²) in [4.78, 5) is 25.3. The fraction of sp³-hybridized carbons (Fsp3) is 0.130. The van der Waals surface area contributed by atoms with Gasteiger partial charge in [-0.05, 0) is 42.8 Å². The first kappa shape index (κ1) is 18.8. The fourth-order valence-corrected chi connectivity index (χ4v) is 3.96. The standard InChI is InChI=1S/C23H19N5O3/c1-16-6-4-8-18(12-16)27-22(25-10-2-3-11-25)20-14-26(15-21(20)24-27)23(29)17-7-5-9-19(13-17)28(30)31/h2-13H,14-15H2,1H3. The molecule has 1 amide bonds. The zero-order valence-electron chi connectivity index (χ0n) is 16.8. The van der Waals surface area contributed by atoms with Crippen molar-refractivity contribution in [1.82, 2.24) is 19.2 Å². The molecule has 0 bridgehead atoms. The van der Waals surface area contributed by atoms with Crippen molar-refractivity contribution in [3.63, 3.8) is 0 Å². The first-order valence-electron chi connectivity index (χ1n) is 9.86. The fourth-order valence-electron chi connectivity index (χ4n) is 3.96. The molecular formula is C23H19N5O3. The Morgan fingerprint density at radius 1 is 1.03 bits per heavy atom. The first-order chi connectivity index (χ1) is 15.0. The number of nitrogens with zero attached hydrogens (tertiary/aromatic N) is 5. The molecule has 0 unspecified atom stereocenters. The van der Waals surface area contributed by atoms with Crippen molar-refractivity contribution in [2.45, 2.75) is 20.0 Å². The van der Waals surface area contributed by atoms with Gasteiger partial charge in [0.05, 0.1) is 29.4 Å². The third-order valence-electron chi connectivity index (χ3n) is 5.42. The summed E-state index contributed by atoms with van der Waals surface area (Å²) in [5.41, 5.74) is 4.08. The van der Waals surface area contributed by atoms with Crippen LogP contribution in [0.1, 0.15) is 27.2 Å². The van der Waals surface area contributed by atoms with Crippen LogP contribution in [0.2, 0.25) is 0 Å². The van der Waals surface area contributed by atoms with Crippen LogP contribution in [0.15, 0.2) is 73.1 Å². The van der Waals surface area contributed by atoms with Crippen molar-refractivity contribution >= 4 is 11.6 Å². The second kappa shape index (κ2) is 7.24. The van der Waals surface area contributed by atoms with E-state index >= 15 is 0 Å². The Bertz CT molecular complexity index is 1310. The lowest BCUT2D eigenvalue weighted by Gasteiger charge is -2.17. The van der Waals surface area contributed by atoms with Gasteiger partial charge in [0.1, 0.15) is 5.82 Å². The summed E-state index contributed by atoms with van der Waals surface area (Å²) in [5, 5.41) is 15.9. The van der Waals surface area contributed by atoms with E-state index in [0.29, 0.717) is 18.7 Å². The van der Waals surface area contributed by atoms with Gasteiger partial charge in [-0.25, -0.2) is 4.68 Å². The summed E-state index contributed by atoms with van der Waals surface area (Å²) in [6, 6.07) is 17.8. The van der Waals surface area contributed by atoms with E-state index in [1.165, 1.54) is 18.2 Å². The van der Waals surface area contributed by atoms with Crippen molar-refractivity contribution in [2.75, 3.05) is 0 Å². The first-order valence-corrected chi connectivity index (χ1v) is 9.86. The highest BCUT2D eigenvalue weighted by Gasteiger charge is 2.32. The van der Waals surface area contributed by atoms with Gasteiger partial charge in [-0.1, -0.05) is 18.2 Å². The number of fused-ring (bicyclic) bond motifs is 1. The van der Waals surface area contributed by atoms with Gasteiger partial charge in [0, 0.05) is 35.7 Å². The predicted octanol–water partition coefficient (Wildman–Crippen LogP) is 4.04. The smallest absolute Gasteiger partial charge is 0.270 e. The lowest BCUT2D eigenvalue weighted by atomic mass is 10.2. The average molecular weight is 413 g/mol. The maximum atomic E-state index is 13.0. The Morgan fingerprint density at radius 3 is 2.55 bits per heavy atom. The van der Waals surface area contributed by atoms with E-state index in [1.54, 1.807) is 11.0 Å². The van der Waals surface area contributed by atoms with E-state index in [1.807, 2.05) is 58.9 Å². The normalized spacial score (nSPS) is 12.7. The Kier molecular flexibility index (Phi) is 4.39. The molecule has 4 aromatic rings. The second-order valence-corrected chi connectivity index (χ2v) is 7.56. The van der Waals surface area contributed by atoms with Crippen LogP contribution in [0.5, 0.6) is 0 Å². The maximum Gasteiger partial charge on any atom is 0.270 e. The van der Waals surface area contributed by atoms with Crippen LogP contribution in [0.4, 0.5) is 5.69 Å². The Labute approximate surface area is 178 Å². The minimum absolute atomic E-state index is 0.0968. The number of carbonyl (C=O) groups excluding carboxylic acids is 1. The van der Waals surface area contributed by atoms with Crippen molar-refractivity contribution in [3.05, 3.63) is 106 Å². The number of amides is 1. The van der Waals surface area contributed by atoms with Gasteiger partial charge in [-0.3, -0.25) is 14.9 Å². The number of carbonyl (C=O) groups is 1. The van der Waals surface area contributed by atoms with E-state index in [9.17, 15) is 14.9 Å². The number of benzene rings is 2. The molecule has 0 radical (unpaired) electrons. The minimum atomic E-state index is -0.494. The highest BCUT2D eigenvalue weighted by molar-refractivity contribution is 5.95. The number of non-ortho nitro benzene ring substituents is 1. The van der Waals surface area contributed by atoms with Crippen LogP contribution in [0, 0.1) is 17.0 Å². The third-order valence-corrected chi connectivity index (χ3v) is 5.42. The van der Waals surface area contributed by atoms with Crippen molar-refractivity contribution in [3.8, 4) is 11.5 Å². The van der Waals surface area contributed by atoms with Crippen LogP contribution < -0.4 is 0 Å². The van der Waals surface area contributed by atoms with E-state index in [0.717, 1.165) is 28.3 Å². The predicted molar refractivity (Wildman–Crippen MR) is 114 cm³/mol. The molecule has 0 saturated carbocycles. The highest BCUT2D eigenvalue weighted by Crippen LogP contribution is 2.31. The van der Waals surface area contributed by atoms with Crippen LogP contribution in [0.25, 0.3) is 11.5 Å². The van der Waals surface area contributed by atoms with Gasteiger partial charge in [0.2, 0.25) is 0 Å². The van der Waals surface area contributed by atoms with E-state index in [2.05, 4.69) is 6.07 Å². The van der Waals surface area contributed by atoms with Crippen LogP contribution in [-0.4, -0.2) is 30.1 Å². The van der Waals surface area contributed by atoms with Crippen LogP contribution >= 0.6 is 0 Å². The SMILES string of the molecule is Cc1cccc(-n2nc3c(c2-n2cccc2)CN(C(=O)c2cccc([N+](=O)[O-])c2)C3)c1. The van der Waals surface area contributed by atoms with Gasteiger partial charge in [-0.15, -0.1) is 0 Å². The van der Waals surface area contributed by atoms with Crippen molar-refractivity contribution in [1.29, 1.82) is 0 Å². The Balaban J connectivity index is 1.52. The highest BCUT2D eigenvalue weighted by atomic mass is 16.6. The topological polar surface area (TPSA) is 86.2 Å². The van der Waals surface area contributed by atoms with Gasteiger partial charge in [0.15, 0.2) is 0 Å².